The largest absolute Gasteiger partial charge is 0.478 e. The van der Waals surface area contributed by atoms with Crippen molar-refractivity contribution in [2.24, 2.45) is 0 Å². The van der Waals surface area contributed by atoms with Crippen LogP contribution in [0.1, 0.15) is 117 Å². The Labute approximate surface area is 258 Å². The Balaban J connectivity index is 1.71. The van der Waals surface area contributed by atoms with Gasteiger partial charge in [0.25, 0.3) is 0 Å². The van der Waals surface area contributed by atoms with Crippen LogP contribution in [-0.4, -0.2) is 39.3 Å². The maximum absolute atomic E-state index is 13.6. The third kappa shape index (κ3) is 10.8. The molecule has 0 aliphatic heterocycles. The summed E-state index contributed by atoms with van der Waals surface area (Å²) in [5.41, 5.74) is 2.48. The molecule has 0 aliphatic rings. The number of aromatic carboxylic acids is 1. The van der Waals surface area contributed by atoms with E-state index < -0.39 is 24.2 Å². The first-order chi connectivity index (χ1) is 21.1. The molecule has 0 spiro atoms. The molecule has 9 heteroatoms. The SMILES string of the molecule is CCCCCCCC[C@@H](OC(=O)c1ccc(-c2cc(-c3ncc(CCCCCCC)cn3)ccc2C(=O)O)cc1)C(F)(F)F. The highest BCUT2D eigenvalue weighted by Crippen LogP contribution is 2.31. The second kappa shape index (κ2) is 17.5. The Morgan fingerprint density at radius 2 is 1.36 bits per heavy atom. The van der Waals surface area contributed by atoms with Crippen molar-refractivity contribution in [3.8, 4) is 22.5 Å². The van der Waals surface area contributed by atoms with Gasteiger partial charge in [-0.3, -0.25) is 0 Å². The molecule has 1 aromatic heterocycles. The highest BCUT2D eigenvalue weighted by atomic mass is 19.4. The Morgan fingerprint density at radius 1 is 0.795 bits per heavy atom. The Hall–Kier alpha value is -3.75. The third-order valence-electron chi connectivity index (χ3n) is 7.65. The molecule has 0 saturated heterocycles. The molecule has 0 radical (unpaired) electrons. The van der Waals surface area contributed by atoms with Crippen molar-refractivity contribution in [3.63, 3.8) is 0 Å². The number of aromatic nitrogens is 2. The minimum Gasteiger partial charge on any atom is -0.478 e. The van der Waals surface area contributed by atoms with E-state index in [1.807, 2.05) is 0 Å². The molecule has 0 aliphatic carbocycles. The van der Waals surface area contributed by atoms with Gasteiger partial charge in [-0.05, 0) is 66.6 Å². The summed E-state index contributed by atoms with van der Waals surface area (Å²) in [6, 6.07) is 10.5. The number of hydrogen-bond donors (Lipinski definition) is 1. The van der Waals surface area contributed by atoms with Crippen LogP contribution in [0.2, 0.25) is 0 Å². The standard InChI is InChI=1S/C35H43F3N2O4/c1-3-5-7-9-11-13-15-31(35(36,37)38)44-34(43)27-18-16-26(17-19-27)30-22-28(20-21-29(30)33(41)42)32-39-23-25(24-40-32)14-12-10-8-6-4-2/h16-24,31H,3-15H2,1-2H3,(H,41,42)/t31-/m1/s1. The number of carboxylic acid groups (broad SMARTS) is 1. The van der Waals surface area contributed by atoms with Crippen LogP contribution in [0.25, 0.3) is 22.5 Å². The average Bonchev–Trinajstić information content (AvgIpc) is 3.01. The summed E-state index contributed by atoms with van der Waals surface area (Å²) < 4.78 is 45.6. The maximum atomic E-state index is 13.6. The molecule has 1 atom stereocenters. The molecule has 3 aromatic rings. The Kier molecular flexibility index (Phi) is 13.8. The monoisotopic (exact) mass is 612 g/mol. The van der Waals surface area contributed by atoms with E-state index in [-0.39, 0.29) is 17.5 Å². The molecule has 0 saturated carbocycles. The molecule has 0 amide bonds. The maximum Gasteiger partial charge on any atom is 0.425 e. The van der Waals surface area contributed by atoms with Gasteiger partial charge in [0.2, 0.25) is 0 Å². The molecule has 1 heterocycles. The molecule has 44 heavy (non-hydrogen) atoms. The second-order valence-corrected chi connectivity index (χ2v) is 11.2. The second-order valence-electron chi connectivity index (χ2n) is 11.2. The number of carboxylic acids is 1. The minimum atomic E-state index is -4.66. The number of hydrogen-bond acceptors (Lipinski definition) is 5. The van der Waals surface area contributed by atoms with Gasteiger partial charge in [0.1, 0.15) is 0 Å². The lowest BCUT2D eigenvalue weighted by molar-refractivity contribution is -0.206. The highest BCUT2D eigenvalue weighted by molar-refractivity contribution is 5.97. The van der Waals surface area contributed by atoms with Crippen molar-refractivity contribution < 1.29 is 32.6 Å². The molecule has 2 aromatic carbocycles. The smallest absolute Gasteiger partial charge is 0.425 e. The molecule has 238 valence electrons. The zero-order valence-corrected chi connectivity index (χ0v) is 25.7. The average molecular weight is 613 g/mol. The van der Waals surface area contributed by atoms with Crippen molar-refractivity contribution in [3.05, 3.63) is 71.5 Å². The molecular formula is C35H43F3N2O4. The summed E-state index contributed by atoms with van der Waals surface area (Å²) in [7, 11) is 0. The third-order valence-corrected chi connectivity index (χ3v) is 7.65. The zero-order chi connectivity index (χ0) is 32.0. The number of carbonyl (C=O) groups is 2. The van der Waals surface area contributed by atoms with Crippen molar-refractivity contribution in [1.82, 2.24) is 9.97 Å². The number of rotatable bonds is 18. The Bertz CT molecular complexity index is 1330. The lowest BCUT2D eigenvalue weighted by Crippen LogP contribution is -2.33. The molecule has 1 N–H and O–H groups in total. The molecular weight excluding hydrogens is 569 g/mol. The summed E-state index contributed by atoms with van der Waals surface area (Å²) in [4.78, 5) is 33.6. The van der Waals surface area contributed by atoms with Crippen LogP contribution < -0.4 is 0 Å². The minimum absolute atomic E-state index is 0.0313. The van der Waals surface area contributed by atoms with Gasteiger partial charge in [0, 0.05) is 18.0 Å². The lowest BCUT2D eigenvalue weighted by Gasteiger charge is -2.21. The summed E-state index contributed by atoms with van der Waals surface area (Å²) in [6.45, 7) is 4.25. The van der Waals surface area contributed by atoms with Crippen LogP contribution in [0.15, 0.2) is 54.9 Å². The van der Waals surface area contributed by atoms with Crippen LogP contribution in [-0.2, 0) is 11.2 Å². The van der Waals surface area contributed by atoms with Gasteiger partial charge in [-0.1, -0.05) is 89.8 Å². The normalized spacial score (nSPS) is 12.2. The van der Waals surface area contributed by atoms with Crippen molar-refractivity contribution in [2.45, 2.75) is 110 Å². The fourth-order valence-electron chi connectivity index (χ4n) is 5.06. The number of ether oxygens (including phenoxy) is 1. The van der Waals surface area contributed by atoms with Crippen LogP contribution in [0.4, 0.5) is 13.2 Å². The van der Waals surface area contributed by atoms with Gasteiger partial charge < -0.3 is 9.84 Å². The van der Waals surface area contributed by atoms with E-state index in [1.165, 1.54) is 49.6 Å². The van der Waals surface area contributed by atoms with Crippen LogP contribution in [0.3, 0.4) is 0 Å². The lowest BCUT2D eigenvalue weighted by atomic mass is 9.96. The van der Waals surface area contributed by atoms with Crippen LogP contribution in [0, 0.1) is 0 Å². The van der Waals surface area contributed by atoms with Gasteiger partial charge in [-0.15, -0.1) is 0 Å². The van der Waals surface area contributed by atoms with Gasteiger partial charge >= 0.3 is 18.1 Å². The van der Waals surface area contributed by atoms with Crippen molar-refractivity contribution in [2.75, 3.05) is 0 Å². The predicted molar refractivity (Wildman–Crippen MR) is 166 cm³/mol. The summed E-state index contributed by atoms with van der Waals surface area (Å²) in [5, 5.41) is 9.80. The number of halogens is 3. The molecule has 0 unspecified atom stereocenters. The van der Waals surface area contributed by atoms with Gasteiger partial charge in [-0.2, -0.15) is 13.2 Å². The zero-order valence-electron chi connectivity index (χ0n) is 25.7. The summed E-state index contributed by atoms with van der Waals surface area (Å²) in [6.07, 6.45) is 8.10. The first-order valence-electron chi connectivity index (χ1n) is 15.7. The van der Waals surface area contributed by atoms with E-state index in [0.29, 0.717) is 35.4 Å². The molecule has 6 nitrogen and oxygen atoms in total. The highest BCUT2D eigenvalue weighted by Gasteiger charge is 2.42. The number of aryl methyl sites for hydroxylation is 1. The summed E-state index contributed by atoms with van der Waals surface area (Å²) in [5.74, 6) is -1.77. The van der Waals surface area contributed by atoms with E-state index in [2.05, 4.69) is 23.8 Å². The summed E-state index contributed by atoms with van der Waals surface area (Å²) >= 11 is 0. The van der Waals surface area contributed by atoms with Crippen LogP contribution >= 0.6 is 0 Å². The van der Waals surface area contributed by atoms with Gasteiger partial charge in [0.05, 0.1) is 11.1 Å². The fraction of sp³-hybridized carbons (Fsp3) is 0.486. The van der Waals surface area contributed by atoms with Crippen molar-refractivity contribution >= 4 is 11.9 Å². The number of unbranched alkanes of at least 4 members (excludes halogenated alkanes) is 9. The van der Waals surface area contributed by atoms with Gasteiger partial charge in [0.15, 0.2) is 11.9 Å². The van der Waals surface area contributed by atoms with E-state index in [4.69, 9.17) is 4.74 Å². The number of alkyl halides is 3. The van der Waals surface area contributed by atoms with E-state index in [9.17, 15) is 27.9 Å². The predicted octanol–water partition coefficient (Wildman–Crippen LogP) is 9.86. The Morgan fingerprint density at radius 3 is 1.95 bits per heavy atom. The van der Waals surface area contributed by atoms with E-state index in [1.54, 1.807) is 24.5 Å². The number of nitrogens with zero attached hydrogens (tertiary/aromatic N) is 2. The first kappa shape index (κ1) is 34.7. The first-order valence-corrected chi connectivity index (χ1v) is 15.7. The van der Waals surface area contributed by atoms with Gasteiger partial charge in [-0.25, -0.2) is 19.6 Å². The van der Waals surface area contributed by atoms with E-state index >= 15 is 0 Å². The molecule has 0 bridgehead atoms. The quantitative estimate of drug-likeness (QED) is 0.114. The topological polar surface area (TPSA) is 89.4 Å². The van der Waals surface area contributed by atoms with Crippen LogP contribution in [0.5, 0.6) is 0 Å². The van der Waals surface area contributed by atoms with Crippen molar-refractivity contribution in [1.29, 1.82) is 0 Å². The van der Waals surface area contributed by atoms with E-state index in [0.717, 1.165) is 50.5 Å². The molecule has 3 rings (SSSR count). The fourth-order valence-corrected chi connectivity index (χ4v) is 5.06. The molecule has 0 fully saturated rings. The number of carbonyl (C=O) groups excluding carboxylic acids is 1. The number of esters is 1. The number of benzene rings is 2.